The third kappa shape index (κ3) is 2.78. The van der Waals surface area contributed by atoms with Crippen molar-refractivity contribution in [2.45, 2.75) is 24.8 Å². The molecule has 25 heavy (non-hydrogen) atoms. The second kappa shape index (κ2) is 5.96. The lowest BCUT2D eigenvalue weighted by Gasteiger charge is -2.22. The second-order valence-corrected chi connectivity index (χ2v) is 7.51. The number of halogens is 1. The lowest BCUT2D eigenvalue weighted by molar-refractivity contribution is -0.118. The fourth-order valence-electron chi connectivity index (χ4n) is 2.61. The Hall–Kier alpha value is -2.74. The smallest absolute Gasteiger partial charge is 0.269 e. The Kier molecular flexibility index (Phi) is 4.08. The van der Waals surface area contributed by atoms with Crippen molar-refractivity contribution in [3.8, 4) is 0 Å². The van der Waals surface area contributed by atoms with Gasteiger partial charge in [-0.2, -0.15) is 0 Å². The summed E-state index contributed by atoms with van der Waals surface area (Å²) in [6.07, 6.45) is 0. The summed E-state index contributed by atoms with van der Waals surface area (Å²) in [6.45, 7) is 2.89. The fraction of sp³-hybridized carbons (Fsp3) is 0.176. The van der Waals surface area contributed by atoms with Crippen LogP contribution < -0.4 is 5.32 Å². The van der Waals surface area contributed by atoms with E-state index in [-0.39, 0.29) is 16.1 Å². The predicted octanol–water partition coefficient (Wildman–Crippen LogP) is 2.31. The highest BCUT2D eigenvalue weighted by Gasteiger charge is 2.45. The average molecular weight is 362 g/mol. The van der Waals surface area contributed by atoms with Crippen LogP contribution in [0.15, 0.2) is 47.4 Å². The molecule has 1 unspecified atom stereocenters. The van der Waals surface area contributed by atoms with Crippen molar-refractivity contribution in [1.82, 2.24) is 4.31 Å². The maximum Gasteiger partial charge on any atom is 0.269 e. The van der Waals surface area contributed by atoms with Gasteiger partial charge in [0, 0.05) is 5.69 Å². The topological polar surface area (TPSA) is 83.6 Å². The number of aryl methyl sites for hydroxylation is 1. The molecule has 2 aromatic carbocycles. The Balaban J connectivity index is 1.88. The quantitative estimate of drug-likeness (QED) is 0.908. The minimum Gasteiger partial charge on any atom is -0.324 e. The molecule has 0 radical (unpaired) electrons. The number of amides is 2. The van der Waals surface area contributed by atoms with Gasteiger partial charge in [-0.05, 0) is 43.7 Å². The number of rotatable bonds is 3. The van der Waals surface area contributed by atoms with Crippen LogP contribution in [-0.4, -0.2) is 30.6 Å². The molecule has 1 aliphatic heterocycles. The van der Waals surface area contributed by atoms with Gasteiger partial charge in [0.2, 0.25) is 5.91 Å². The van der Waals surface area contributed by atoms with Gasteiger partial charge in [0.05, 0.1) is 5.56 Å². The van der Waals surface area contributed by atoms with Gasteiger partial charge in [0.1, 0.15) is 16.8 Å². The van der Waals surface area contributed by atoms with Crippen LogP contribution in [0.4, 0.5) is 10.1 Å². The Morgan fingerprint density at radius 2 is 1.88 bits per heavy atom. The number of carbonyl (C=O) groups is 2. The van der Waals surface area contributed by atoms with Crippen molar-refractivity contribution in [2.75, 3.05) is 5.32 Å². The molecule has 0 saturated heterocycles. The van der Waals surface area contributed by atoms with E-state index in [1.54, 1.807) is 13.0 Å². The molecule has 1 N–H and O–H groups in total. The Bertz CT molecular complexity index is 988. The van der Waals surface area contributed by atoms with Gasteiger partial charge in [-0.25, -0.2) is 17.1 Å². The molecule has 0 aromatic heterocycles. The number of carbonyl (C=O) groups excluding carboxylic acids is 2. The third-order valence-electron chi connectivity index (χ3n) is 4.03. The SMILES string of the molecule is Cc1ccc(NC(=O)C(C)N2C(=O)c3ccccc3S2(=O)=O)cc1F. The van der Waals surface area contributed by atoms with Crippen LogP contribution in [0.25, 0.3) is 0 Å². The summed E-state index contributed by atoms with van der Waals surface area (Å²) in [7, 11) is -4.10. The summed E-state index contributed by atoms with van der Waals surface area (Å²) in [6, 6.07) is 8.62. The van der Waals surface area contributed by atoms with Crippen molar-refractivity contribution in [2.24, 2.45) is 0 Å². The molecule has 0 spiro atoms. The van der Waals surface area contributed by atoms with Crippen molar-refractivity contribution in [3.05, 3.63) is 59.4 Å². The zero-order valence-electron chi connectivity index (χ0n) is 13.5. The van der Waals surface area contributed by atoms with E-state index < -0.39 is 33.7 Å². The largest absolute Gasteiger partial charge is 0.324 e. The van der Waals surface area contributed by atoms with Crippen LogP contribution in [0.2, 0.25) is 0 Å². The zero-order valence-corrected chi connectivity index (χ0v) is 14.3. The van der Waals surface area contributed by atoms with Crippen LogP contribution in [0.1, 0.15) is 22.8 Å². The number of benzene rings is 2. The molecule has 0 fully saturated rings. The molecule has 1 aliphatic rings. The van der Waals surface area contributed by atoms with E-state index in [1.807, 2.05) is 0 Å². The molecule has 6 nitrogen and oxygen atoms in total. The minimum absolute atomic E-state index is 0.0310. The molecule has 130 valence electrons. The van der Waals surface area contributed by atoms with E-state index in [0.29, 0.717) is 9.87 Å². The van der Waals surface area contributed by atoms with Crippen LogP contribution in [-0.2, 0) is 14.8 Å². The van der Waals surface area contributed by atoms with E-state index in [2.05, 4.69) is 5.32 Å². The van der Waals surface area contributed by atoms with Gasteiger partial charge < -0.3 is 5.32 Å². The number of hydrogen-bond acceptors (Lipinski definition) is 4. The molecule has 0 saturated carbocycles. The molecule has 0 bridgehead atoms. The van der Waals surface area contributed by atoms with Crippen molar-refractivity contribution >= 4 is 27.5 Å². The first kappa shape index (κ1) is 17.1. The first-order valence-electron chi connectivity index (χ1n) is 7.48. The second-order valence-electron chi connectivity index (χ2n) is 5.73. The highest BCUT2D eigenvalue weighted by atomic mass is 32.2. The number of nitrogens with zero attached hydrogens (tertiary/aromatic N) is 1. The molecular weight excluding hydrogens is 347 g/mol. The summed E-state index contributed by atoms with van der Waals surface area (Å²) in [5.74, 6) is -1.98. The number of nitrogens with one attached hydrogen (secondary N) is 1. The van der Waals surface area contributed by atoms with Gasteiger partial charge >= 0.3 is 0 Å². The van der Waals surface area contributed by atoms with E-state index in [0.717, 1.165) is 6.07 Å². The van der Waals surface area contributed by atoms with Crippen LogP contribution in [0.5, 0.6) is 0 Å². The molecule has 3 rings (SSSR count). The number of fused-ring (bicyclic) bond motifs is 1. The zero-order chi connectivity index (χ0) is 18.4. The van der Waals surface area contributed by atoms with Gasteiger partial charge in [0.25, 0.3) is 15.9 Å². The lowest BCUT2D eigenvalue weighted by atomic mass is 10.2. The summed E-state index contributed by atoms with van der Waals surface area (Å²) in [5, 5.41) is 2.43. The molecule has 0 aliphatic carbocycles. The summed E-state index contributed by atoms with van der Waals surface area (Å²) in [4.78, 5) is 24.7. The maximum atomic E-state index is 13.6. The first-order chi connectivity index (χ1) is 11.7. The third-order valence-corrected chi connectivity index (χ3v) is 5.94. The Morgan fingerprint density at radius 3 is 2.52 bits per heavy atom. The number of hydrogen-bond donors (Lipinski definition) is 1. The number of sulfonamides is 1. The van der Waals surface area contributed by atoms with E-state index >= 15 is 0 Å². The van der Waals surface area contributed by atoms with Crippen LogP contribution in [0.3, 0.4) is 0 Å². The predicted molar refractivity (Wildman–Crippen MR) is 89.0 cm³/mol. The minimum atomic E-state index is -4.10. The standard InChI is InChI=1S/C17H15FN2O4S/c1-10-7-8-12(9-14(10)18)19-16(21)11(2)20-17(22)13-5-3-4-6-15(13)25(20,23)24/h3-9,11H,1-2H3,(H,19,21). The highest BCUT2D eigenvalue weighted by molar-refractivity contribution is 7.90. The van der Waals surface area contributed by atoms with Crippen LogP contribution >= 0.6 is 0 Å². The Labute approximate surface area is 144 Å². The van der Waals surface area contributed by atoms with E-state index in [1.165, 1.54) is 37.3 Å². The molecule has 8 heteroatoms. The van der Waals surface area contributed by atoms with E-state index in [9.17, 15) is 22.4 Å². The van der Waals surface area contributed by atoms with Crippen molar-refractivity contribution in [3.63, 3.8) is 0 Å². The van der Waals surface area contributed by atoms with Crippen molar-refractivity contribution < 1.29 is 22.4 Å². The van der Waals surface area contributed by atoms with Crippen LogP contribution in [0, 0.1) is 12.7 Å². The Morgan fingerprint density at radius 1 is 1.20 bits per heavy atom. The summed E-state index contributed by atoms with van der Waals surface area (Å²) in [5.41, 5.74) is 0.629. The fourth-order valence-corrected chi connectivity index (χ4v) is 4.33. The molecule has 1 heterocycles. The van der Waals surface area contributed by atoms with Gasteiger partial charge in [-0.3, -0.25) is 9.59 Å². The molecular formula is C17H15FN2O4S. The van der Waals surface area contributed by atoms with Gasteiger partial charge in [-0.1, -0.05) is 18.2 Å². The molecule has 1 atom stereocenters. The molecule has 2 aromatic rings. The number of anilines is 1. The van der Waals surface area contributed by atoms with Gasteiger partial charge in [-0.15, -0.1) is 0 Å². The lowest BCUT2D eigenvalue weighted by Crippen LogP contribution is -2.45. The summed E-state index contributed by atoms with van der Waals surface area (Å²) >= 11 is 0. The molecule has 2 amide bonds. The van der Waals surface area contributed by atoms with Crippen molar-refractivity contribution in [1.29, 1.82) is 0 Å². The van der Waals surface area contributed by atoms with E-state index in [4.69, 9.17) is 0 Å². The maximum absolute atomic E-state index is 13.6. The normalized spacial score (nSPS) is 16.4. The average Bonchev–Trinajstić information content (AvgIpc) is 2.77. The first-order valence-corrected chi connectivity index (χ1v) is 8.92. The van der Waals surface area contributed by atoms with Gasteiger partial charge in [0.15, 0.2) is 0 Å². The summed E-state index contributed by atoms with van der Waals surface area (Å²) < 4.78 is 39.3. The monoisotopic (exact) mass is 362 g/mol. The highest BCUT2D eigenvalue weighted by Crippen LogP contribution is 2.31.